The zero-order chi connectivity index (χ0) is 19.7. The molecular weight excluding hydrogens is 347 g/mol. The summed E-state index contributed by atoms with van der Waals surface area (Å²) in [6, 6.07) is 23.2. The molecule has 3 rings (SSSR count). The molecule has 0 saturated carbocycles. The maximum atomic E-state index is 6.43. The zero-order valence-corrected chi connectivity index (χ0v) is 18.7. The second-order valence-electron chi connectivity index (χ2n) is 9.06. The summed E-state index contributed by atoms with van der Waals surface area (Å²) in [5, 5.41) is 2.96. The van der Waals surface area contributed by atoms with Crippen LogP contribution >= 0.6 is 0 Å². The fourth-order valence-electron chi connectivity index (χ4n) is 4.05. The van der Waals surface area contributed by atoms with Gasteiger partial charge in [0, 0.05) is 0 Å². The summed E-state index contributed by atoms with van der Waals surface area (Å²) in [5.41, 5.74) is -0.551. The van der Waals surface area contributed by atoms with Crippen LogP contribution in [0.2, 0.25) is 18.4 Å². The summed E-state index contributed by atoms with van der Waals surface area (Å²) >= 11 is 0. The Morgan fingerprint density at radius 3 is 1.59 bits per heavy atom. The molecule has 2 aromatic rings. The molecule has 4 heteroatoms. The van der Waals surface area contributed by atoms with Gasteiger partial charge in [0.25, 0.3) is 0 Å². The van der Waals surface area contributed by atoms with Crippen LogP contribution in [0.4, 0.5) is 0 Å². The number of benzene rings is 2. The summed E-state index contributed by atoms with van der Waals surface area (Å²) in [4.78, 5) is 0. The van der Waals surface area contributed by atoms with Crippen LogP contribution < -0.4 is 10.4 Å². The minimum absolute atomic E-state index is 0.140. The predicted molar refractivity (Wildman–Crippen MR) is 119 cm³/mol. The first-order chi connectivity index (χ1) is 12.7. The molecule has 0 aliphatic carbocycles. The minimum atomic E-state index is -1.91. The normalized spacial score (nSPS) is 19.9. The van der Waals surface area contributed by atoms with Gasteiger partial charge in [-0.15, -0.1) is 0 Å². The quantitative estimate of drug-likeness (QED) is 0.674. The van der Waals surface area contributed by atoms with Gasteiger partial charge in [0.1, 0.15) is 8.07 Å². The largest absolute Gasteiger partial charge is 0.460 e. The van der Waals surface area contributed by atoms with Crippen LogP contribution in [0.3, 0.4) is 0 Å². The van der Waals surface area contributed by atoms with Gasteiger partial charge in [0.15, 0.2) is 0 Å². The van der Waals surface area contributed by atoms with Crippen LogP contribution in [0.15, 0.2) is 60.7 Å². The molecule has 0 N–H and O–H groups in total. The lowest BCUT2D eigenvalue weighted by atomic mass is 9.71. The molecule has 1 aliphatic heterocycles. The van der Waals surface area contributed by atoms with Gasteiger partial charge in [-0.3, -0.25) is 0 Å². The van der Waals surface area contributed by atoms with E-state index in [2.05, 4.69) is 102 Å². The van der Waals surface area contributed by atoms with Gasteiger partial charge in [-0.2, -0.15) is 0 Å². The number of hydrogen-bond acceptors (Lipinski definition) is 2. The van der Waals surface area contributed by atoms with E-state index in [1.807, 2.05) is 0 Å². The molecule has 2 nitrogen and oxygen atoms in total. The van der Waals surface area contributed by atoms with E-state index in [0.29, 0.717) is 5.82 Å². The van der Waals surface area contributed by atoms with Crippen molar-refractivity contribution in [3.05, 3.63) is 60.7 Å². The standard InChI is InChI=1S/C23H33BO2Si/c1-7-19(24-25-22(2,3)23(4,5)26-24)18-27(6,20-14-10-8-11-15-20)21-16-12-9-13-17-21/h8-17,19H,7,18H2,1-6H3. The van der Waals surface area contributed by atoms with Crippen molar-refractivity contribution < 1.29 is 9.31 Å². The van der Waals surface area contributed by atoms with Gasteiger partial charge in [-0.05, 0) is 39.6 Å². The average molecular weight is 380 g/mol. The zero-order valence-electron chi connectivity index (χ0n) is 17.7. The molecule has 2 aromatic carbocycles. The van der Waals surface area contributed by atoms with Gasteiger partial charge in [0.2, 0.25) is 0 Å². The Morgan fingerprint density at radius 2 is 1.22 bits per heavy atom. The molecule has 1 aliphatic rings. The third-order valence-electron chi connectivity index (χ3n) is 6.67. The number of hydrogen-bond donors (Lipinski definition) is 0. The lowest BCUT2D eigenvalue weighted by Gasteiger charge is -2.33. The Morgan fingerprint density at radius 1 is 0.815 bits per heavy atom. The lowest BCUT2D eigenvalue weighted by Crippen LogP contribution is -2.57. The van der Waals surface area contributed by atoms with Crippen LogP contribution in [0.25, 0.3) is 0 Å². The fraction of sp³-hybridized carbons (Fsp3) is 0.478. The summed E-state index contributed by atoms with van der Waals surface area (Å²) in [5.74, 6) is 0.378. The van der Waals surface area contributed by atoms with E-state index in [4.69, 9.17) is 9.31 Å². The van der Waals surface area contributed by atoms with Gasteiger partial charge >= 0.3 is 7.12 Å². The number of rotatable bonds is 6. The van der Waals surface area contributed by atoms with Gasteiger partial charge in [0.05, 0.1) is 11.2 Å². The molecule has 0 amide bonds. The fourth-order valence-corrected chi connectivity index (χ4v) is 8.24. The van der Waals surface area contributed by atoms with Crippen molar-refractivity contribution in [2.24, 2.45) is 0 Å². The molecule has 0 radical (unpaired) electrons. The van der Waals surface area contributed by atoms with E-state index in [9.17, 15) is 0 Å². The second kappa shape index (κ2) is 7.57. The smallest absolute Gasteiger partial charge is 0.403 e. The molecule has 1 atom stereocenters. The van der Waals surface area contributed by atoms with Crippen LogP contribution in [0.1, 0.15) is 41.0 Å². The topological polar surface area (TPSA) is 18.5 Å². The Kier molecular flexibility index (Phi) is 5.72. The average Bonchev–Trinajstić information content (AvgIpc) is 2.88. The molecule has 0 spiro atoms. The van der Waals surface area contributed by atoms with Crippen molar-refractivity contribution in [3.8, 4) is 0 Å². The first-order valence-electron chi connectivity index (χ1n) is 10.2. The first-order valence-corrected chi connectivity index (χ1v) is 12.9. The van der Waals surface area contributed by atoms with Crippen molar-refractivity contribution in [2.45, 2.75) is 70.6 Å². The third-order valence-corrected chi connectivity index (χ3v) is 11.2. The van der Waals surface area contributed by atoms with Gasteiger partial charge < -0.3 is 9.31 Å². The van der Waals surface area contributed by atoms with E-state index < -0.39 is 8.07 Å². The molecule has 27 heavy (non-hydrogen) atoms. The van der Waals surface area contributed by atoms with E-state index in [-0.39, 0.29) is 18.3 Å². The predicted octanol–water partition coefficient (Wildman–Crippen LogP) is 4.75. The highest BCUT2D eigenvalue weighted by Gasteiger charge is 2.54. The van der Waals surface area contributed by atoms with E-state index >= 15 is 0 Å². The van der Waals surface area contributed by atoms with E-state index in [0.717, 1.165) is 12.5 Å². The lowest BCUT2D eigenvalue weighted by molar-refractivity contribution is 0.00578. The van der Waals surface area contributed by atoms with Crippen LogP contribution in [0.5, 0.6) is 0 Å². The Hall–Kier alpha value is -1.36. The Balaban J connectivity index is 1.94. The summed E-state index contributed by atoms with van der Waals surface area (Å²) < 4.78 is 12.9. The second-order valence-corrected chi connectivity index (χ2v) is 13.3. The molecular formula is C23H33BO2Si. The minimum Gasteiger partial charge on any atom is -0.403 e. The van der Waals surface area contributed by atoms with E-state index in [1.54, 1.807) is 0 Å². The van der Waals surface area contributed by atoms with Crippen molar-refractivity contribution in [3.63, 3.8) is 0 Å². The molecule has 1 unspecified atom stereocenters. The third kappa shape index (κ3) is 3.94. The summed E-state index contributed by atoms with van der Waals surface area (Å²) in [6.45, 7) is 13.3. The molecule has 0 bridgehead atoms. The maximum Gasteiger partial charge on any atom is 0.460 e. The van der Waals surface area contributed by atoms with Crippen LogP contribution in [-0.4, -0.2) is 26.4 Å². The monoisotopic (exact) mass is 380 g/mol. The first kappa shape index (κ1) is 20.4. The van der Waals surface area contributed by atoms with Crippen LogP contribution in [-0.2, 0) is 9.31 Å². The SMILES string of the molecule is CCC(C[Si](C)(c1ccccc1)c1ccccc1)B1OC(C)(C)C(C)(C)O1. The van der Waals surface area contributed by atoms with Crippen molar-refractivity contribution in [1.82, 2.24) is 0 Å². The summed E-state index contributed by atoms with van der Waals surface area (Å²) in [6.07, 6.45) is 1.05. The Bertz CT molecular complexity index is 690. The maximum absolute atomic E-state index is 6.43. The summed E-state index contributed by atoms with van der Waals surface area (Å²) in [7, 11) is -2.05. The molecule has 1 heterocycles. The highest BCUT2D eigenvalue weighted by molar-refractivity contribution is 7.01. The Labute approximate surface area is 166 Å². The molecule has 0 aromatic heterocycles. The van der Waals surface area contributed by atoms with Crippen molar-refractivity contribution >= 4 is 25.6 Å². The highest BCUT2D eigenvalue weighted by Crippen LogP contribution is 2.42. The molecule has 1 saturated heterocycles. The van der Waals surface area contributed by atoms with Crippen LogP contribution in [0, 0.1) is 0 Å². The molecule has 1 fully saturated rings. The van der Waals surface area contributed by atoms with E-state index in [1.165, 1.54) is 10.4 Å². The molecule has 144 valence electrons. The van der Waals surface area contributed by atoms with Gasteiger partial charge in [-0.25, -0.2) is 0 Å². The van der Waals surface area contributed by atoms with Crippen molar-refractivity contribution in [2.75, 3.05) is 0 Å². The van der Waals surface area contributed by atoms with Crippen molar-refractivity contribution in [1.29, 1.82) is 0 Å². The van der Waals surface area contributed by atoms with Gasteiger partial charge in [-0.1, -0.05) is 90.9 Å². The highest BCUT2D eigenvalue weighted by atomic mass is 28.3.